The molecule has 0 bridgehead atoms. The minimum Gasteiger partial charge on any atom is -0.494 e. The topological polar surface area (TPSA) is 69.2 Å². The summed E-state index contributed by atoms with van der Waals surface area (Å²) in [5.74, 6) is 1.52. The maximum Gasteiger partial charge on any atom is 0.264 e. The maximum absolute atomic E-state index is 12.5. The summed E-state index contributed by atoms with van der Waals surface area (Å²) in [7, 11) is 3.15. The van der Waals surface area contributed by atoms with Gasteiger partial charge in [0, 0.05) is 0 Å². The molecule has 1 amide bonds. The molecule has 0 radical (unpaired) electrons. The summed E-state index contributed by atoms with van der Waals surface area (Å²) in [6.45, 7) is 2.27. The summed E-state index contributed by atoms with van der Waals surface area (Å²) >= 11 is 13.3. The van der Waals surface area contributed by atoms with Gasteiger partial charge in [0.25, 0.3) is 5.91 Å². The van der Waals surface area contributed by atoms with E-state index in [-0.39, 0.29) is 5.91 Å². The number of methoxy groups -OCH3 is 2. The molecule has 0 unspecified atom stereocenters. The molecule has 6 nitrogen and oxygen atoms in total. The molecule has 35 heavy (non-hydrogen) atoms. The number of aryl methyl sites for hydroxylation is 1. The summed E-state index contributed by atoms with van der Waals surface area (Å²) in [6.07, 6.45) is 1.78. The van der Waals surface area contributed by atoms with Crippen molar-refractivity contribution in [3.63, 3.8) is 0 Å². The van der Waals surface area contributed by atoms with Gasteiger partial charge in [-0.3, -0.25) is 4.79 Å². The number of halogens is 2. The molecule has 0 spiro atoms. The number of hydrogen-bond acceptors (Lipinski definition) is 6. The van der Waals surface area contributed by atoms with Crippen LogP contribution in [0.4, 0.5) is 5.69 Å². The van der Waals surface area contributed by atoms with Crippen LogP contribution in [0.1, 0.15) is 16.7 Å². The Kier molecular flexibility index (Phi) is 7.90. The van der Waals surface area contributed by atoms with Crippen LogP contribution in [0.3, 0.4) is 0 Å². The number of nitrogens with one attached hydrogen (secondary N) is 1. The van der Waals surface area contributed by atoms with Crippen LogP contribution in [0.25, 0.3) is 6.08 Å². The fourth-order valence-electron chi connectivity index (χ4n) is 3.31. The van der Waals surface area contributed by atoms with E-state index in [2.05, 4.69) is 10.3 Å². The van der Waals surface area contributed by atoms with Crippen molar-refractivity contribution in [1.82, 2.24) is 5.32 Å². The van der Waals surface area contributed by atoms with E-state index in [9.17, 15) is 4.79 Å². The largest absolute Gasteiger partial charge is 0.494 e. The van der Waals surface area contributed by atoms with Crippen LogP contribution in [0.15, 0.2) is 64.5 Å². The number of thioether (sulfide) groups is 1. The highest BCUT2D eigenvalue weighted by Gasteiger charge is 2.24. The number of amidine groups is 1. The number of carbonyl (C=O) groups is 1. The lowest BCUT2D eigenvalue weighted by atomic mass is 10.2. The number of ether oxygens (including phenoxy) is 3. The Morgan fingerprint density at radius 1 is 0.943 bits per heavy atom. The van der Waals surface area contributed by atoms with Crippen molar-refractivity contribution >= 4 is 57.8 Å². The van der Waals surface area contributed by atoms with Crippen molar-refractivity contribution in [2.45, 2.75) is 13.5 Å². The van der Waals surface area contributed by atoms with E-state index in [1.54, 1.807) is 38.5 Å². The first kappa shape index (κ1) is 25.0. The van der Waals surface area contributed by atoms with Crippen LogP contribution in [0.2, 0.25) is 10.0 Å². The Balaban J connectivity index is 1.50. The van der Waals surface area contributed by atoms with Gasteiger partial charge in [-0.15, -0.1) is 0 Å². The van der Waals surface area contributed by atoms with Crippen molar-refractivity contribution in [2.75, 3.05) is 14.2 Å². The second-order valence-corrected chi connectivity index (χ2v) is 9.45. The summed E-state index contributed by atoms with van der Waals surface area (Å²) in [4.78, 5) is 17.6. The Labute approximate surface area is 217 Å². The van der Waals surface area contributed by atoms with E-state index in [0.29, 0.717) is 49.7 Å². The third-order valence-corrected chi connectivity index (χ3v) is 6.72. The van der Waals surface area contributed by atoms with Crippen LogP contribution in [0.5, 0.6) is 17.2 Å². The van der Waals surface area contributed by atoms with Gasteiger partial charge in [0.15, 0.2) is 16.7 Å². The molecule has 0 atom stereocenters. The van der Waals surface area contributed by atoms with Gasteiger partial charge in [-0.25, -0.2) is 4.99 Å². The lowest BCUT2D eigenvalue weighted by Crippen LogP contribution is -2.19. The smallest absolute Gasteiger partial charge is 0.264 e. The van der Waals surface area contributed by atoms with Crippen molar-refractivity contribution in [2.24, 2.45) is 4.99 Å². The van der Waals surface area contributed by atoms with Crippen molar-refractivity contribution in [3.05, 3.63) is 86.2 Å². The number of rotatable bonds is 7. The number of aliphatic imine (C=N–C) groups is 1. The molecule has 1 aliphatic rings. The van der Waals surface area contributed by atoms with Gasteiger partial charge in [-0.2, -0.15) is 0 Å². The maximum atomic E-state index is 12.5. The highest BCUT2D eigenvalue weighted by atomic mass is 35.5. The van der Waals surface area contributed by atoms with Crippen molar-refractivity contribution in [1.29, 1.82) is 0 Å². The van der Waals surface area contributed by atoms with E-state index < -0.39 is 0 Å². The average Bonchev–Trinajstić information content (AvgIpc) is 3.18. The second-order valence-electron chi connectivity index (χ2n) is 7.60. The summed E-state index contributed by atoms with van der Waals surface area (Å²) in [5.41, 5.74) is 3.37. The lowest BCUT2D eigenvalue weighted by molar-refractivity contribution is -0.115. The third-order valence-electron chi connectivity index (χ3n) is 5.07. The van der Waals surface area contributed by atoms with Crippen molar-refractivity contribution in [3.8, 4) is 17.2 Å². The van der Waals surface area contributed by atoms with Crippen LogP contribution in [-0.4, -0.2) is 25.3 Å². The predicted molar refractivity (Wildman–Crippen MR) is 142 cm³/mol. The van der Waals surface area contributed by atoms with Gasteiger partial charge in [0.2, 0.25) is 0 Å². The molecule has 4 rings (SSSR count). The molecule has 1 N–H and O–H groups in total. The van der Waals surface area contributed by atoms with Crippen LogP contribution >= 0.6 is 35.0 Å². The van der Waals surface area contributed by atoms with Gasteiger partial charge in [-0.05, 0) is 77.9 Å². The summed E-state index contributed by atoms with van der Waals surface area (Å²) in [6, 6.07) is 16.5. The summed E-state index contributed by atoms with van der Waals surface area (Å²) < 4.78 is 16.8. The minimum atomic E-state index is -0.223. The number of benzene rings is 3. The van der Waals surface area contributed by atoms with E-state index in [4.69, 9.17) is 37.4 Å². The third kappa shape index (κ3) is 6.11. The molecule has 1 heterocycles. The van der Waals surface area contributed by atoms with E-state index in [0.717, 1.165) is 16.7 Å². The van der Waals surface area contributed by atoms with Gasteiger partial charge in [0.1, 0.15) is 18.0 Å². The fourth-order valence-corrected chi connectivity index (χ4v) is 4.47. The van der Waals surface area contributed by atoms with Gasteiger partial charge in [0.05, 0.1) is 29.2 Å². The fraction of sp³-hybridized carbons (Fsp3) is 0.154. The molecule has 3 aromatic carbocycles. The first-order valence-electron chi connectivity index (χ1n) is 10.6. The monoisotopic (exact) mass is 528 g/mol. The quantitative estimate of drug-likeness (QED) is 0.342. The zero-order valence-electron chi connectivity index (χ0n) is 19.2. The van der Waals surface area contributed by atoms with E-state index in [1.807, 2.05) is 43.3 Å². The van der Waals surface area contributed by atoms with E-state index in [1.165, 1.54) is 11.8 Å². The standard InChI is InChI=1S/C26H22Cl2N2O4S/c1-15-4-8-21(32-2)20(10-15)29-26-30-25(31)24(35-26)13-16-6-9-22(23(12-16)33-3)34-14-17-5-7-18(27)19(28)11-17/h4-13H,14H2,1-3H3,(H,29,30,31)/b24-13-. The minimum absolute atomic E-state index is 0.223. The normalized spacial score (nSPS) is 15.4. The number of carbonyl (C=O) groups excluding carboxylic acids is 1. The van der Waals surface area contributed by atoms with Gasteiger partial charge in [-0.1, -0.05) is 41.4 Å². The highest BCUT2D eigenvalue weighted by Crippen LogP contribution is 2.35. The lowest BCUT2D eigenvalue weighted by Gasteiger charge is -2.12. The Hall–Kier alpha value is -3.13. The number of hydrogen-bond donors (Lipinski definition) is 1. The number of nitrogens with zero attached hydrogens (tertiary/aromatic N) is 1. The molecule has 0 aromatic heterocycles. The first-order valence-corrected chi connectivity index (χ1v) is 12.1. The van der Waals surface area contributed by atoms with Crippen LogP contribution in [-0.2, 0) is 11.4 Å². The summed E-state index contributed by atoms with van der Waals surface area (Å²) in [5, 5.41) is 4.25. The second kappa shape index (κ2) is 11.1. The molecule has 1 fully saturated rings. The molecule has 0 aliphatic carbocycles. The Bertz CT molecular complexity index is 1340. The molecular weight excluding hydrogens is 507 g/mol. The Morgan fingerprint density at radius 2 is 1.71 bits per heavy atom. The number of amides is 1. The van der Waals surface area contributed by atoms with Crippen LogP contribution in [0, 0.1) is 6.92 Å². The van der Waals surface area contributed by atoms with Crippen LogP contribution < -0.4 is 19.5 Å². The molecule has 1 aliphatic heterocycles. The average molecular weight is 529 g/mol. The Morgan fingerprint density at radius 3 is 2.46 bits per heavy atom. The van der Waals surface area contributed by atoms with Gasteiger partial charge >= 0.3 is 0 Å². The predicted octanol–water partition coefficient (Wildman–Crippen LogP) is 6.79. The van der Waals surface area contributed by atoms with E-state index >= 15 is 0 Å². The SMILES string of the molecule is COc1ccc(C)cc1N=C1NC(=O)/C(=C/c2ccc(OCc3ccc(Cl)c(Cl)c3)c(OC)c2)S1. The first-order chi connectivity index (χ1) is 16.9. The molecule has 0 saturated carbocycles. The molecule has 9 heteroatoms. The molecule has 180 valence electrons. The zero-order valence-corrected chi connectivity index (χ0v) is 21.6. The van der Waals surface area contributed by atoms with Crippen molar-refractivity contribution < 1.29 is 19.0 Å². The molecule has 1 saturated heterocycles. The highest BCUT2D eigenvalue weighted by molar-refractivity contribution is 8.18. The zero-order chi connectivity index (χ0) is 24.9. The molecular formula is C26H22Cl2N2O4S. The van der Waals surface area contributed by atoms with Gasteiger partial charge < -0.3 is 19.5 Å². The molecule has 3 aromatic rings.